The lowest BCUT2D eigenvalue weighted by atomic mass is 10.4. The van der Waals surface area contributed by atoms with Crippen LogP contribution < -0.4 is 0 Å². The number of hydrogen-bond acceptors (Lipinski definition) is 10. The SMILES string of the molecule is CCCC[Si]1(C)O[Si](C)(C)O[Si](C)(ON(CC)CC)O[Si](ON(CC)CC)(ON(CC)CC)O1. The first-order chi connectivity index (χ1) is 15.9. The van der Waals surface area contributed by atoms with Crippen LogP contribution in [0.2, 0.25) is 32.2 Å². The summed E-state index contributed by atoms with van der Waals surface area (Å²) in [6.45, 7) is 26.5. The third kappa shape index (κ3) is 10.1. The van der Waals surface area contributed by atoms with Gasteiger partial charge in [-0.3, -0.25) is 13.6 Å². The summed E-state index contributed by atoms with van der Waals surface area (Å²) < 4.78 is 46.7. The van der Waals surface area contributed by atoms with Crippen LogP contribution in [0.3, 0.4) is 0 Å². The Labute approximate surface area is 212 Å². The van der Waals surface area contributed by atoms with Gasteiger partial charge in [-0.25, -0.2) is 0 Å². The van der Waals surface area contributed by atoms with Gasteiger partial charge in [-0.1, -0.05) is 61.3 Å². The second kappa shape index (κ2) is 14.4. The standard InChI is InChI=1S/C20H51N3O7Si4/c1-12-19-20-32(10)27-31(8,9)28-33(11,24-21(13-2)14-3)30-34(29-32,25-22(15-4)16-5)26-23(17-6)18-7/h12-20H2,1-11H3. The number of nitrogens with zero attached hydrogens (tertiary/aromatic N) is 3. The minimum absolute atomic E-state index is 0.657. The van der Waals surface area contributed by atoms with Crippen LogP contribution in [-0.4, -0.2) is 89.4 Å². The summed E-state index contributed by atoms with van der Waals surface area (Å²) in [5.41, 5.74) is 0. The van der Waals surface area contributed by atoms with E-state index in [0.29, 0.717) is 39.3 Å². The summed E-state index contributed by atoms with van der Waals surface area (Å²) in [6, 6.07) is 0.805. The Morgan fingerprint density at radius 3 is 1.41 bits per heavy atom. The predicted octanol–water partition coefficient (Wildman–Crippen LogP) is 4.46. The summed E-state index contributed by atoms with van der Waals surface area (Å²) in [5, 5.41) is 5.49. The minimum Gasteiger partial charge on any atom is -0.416 e. The molecule has 0 aliphatic carbocycles. The van der Waals surface area contributed by atoms with E-state index in [1.54, 1.807) is 0 Å². The molecule has 1 aliphatic rings. The Morgan fingerprint density at radius 1 is 0.559 bits per heavy atom. The second-order valence-corrected chi connectivity index (χ2v) is 21.1. The molecule has 1 heterocycles. The maximum atomic E-state index is 6.91. The smallest absolute Gasteiger partial charge is 0.416 e. The lowest BCUT2D eigenvalue weighted by Gasteiger charge is -2.48. The monoisotopic (exact) mass is 557 g/mol. The van der Waals surface area contributed by atoms with Crippen molar-refractivity contribution in [3.8, 4) is 0 Å². The molecule has 1 aliphatic heterocycles. The van der Waals surface area contributed by atoms with E-state index < -0.39 is 35.0 Å². The average molecular weight is 558 g/mol. The van der Waals surface area contributed by atoms with Crippen molar-refractivity contribution in [2.24, 2.45) is 0 Å². The molecular weight excluding hydrogens is 507 g/mol. The van der Waals surface area contributed by atoms with E-state index in [1.165, 1.54) is 0 Å². The van der Waals surface area contributed by atoms with Gasteiger partial charge in [-0.05, 0) is 25.7 Å². The van der Waals surface area contributed by atoms with E-state index in [-0.39, 0.29) is 0 Å². The lowest BCUT2D eigenvalue weighted by Crippen LogP contribution is -2.72. The number of hydrogen-bond donors (Lipinski definition) is 0. The maximum Gasteiger partial charge on any atom is 0.698 e. The zero-order valence-corrected chi connectivity index (χ0v) is 27.6. The van der Waals surface area contributed by atoms with Crippen molar-refractivity contribution < 1.29 is 30.0 Å². The molecule has 14 heteroatoms. The molecule has 1 fully saturated rings. The fourth-order valence-electron chi connectivity index (χ4n) is 3.88. The van der Waals surface area contributed by atoms with Crippen molar-refractivity contribution in [3.63, 3.8) is 0 Å². The van der Waals surface area contributed by atoms with Gasteiger partial charge in [0.05, 0.1) is 0 Å². The van der Waals surface area contributed by atoms with Crippen LogP contribution in [0.1, 0.15) is 61.3 Å². The van der Waals surface area contributed by atoms with Crippen molar-refractivity contribution in [3.05, 3.63) is 0 Å². The van der Waals surface area contributed by atoms with Crippen molar-refractivity contribution in [2.45, 2.75) is 93.5 Å². The van der Waals surface area contributed by atoms with Crippen molar-refractivity contribution in [1.82, 2.24) is 15.2 Å². The molecule has 10 nitrogen and oxygen atoms in total. The van der Waals surface area contributed by atoms with E-state index >= 15 is 0 Å². The molecule has 0 saturated carbocycles. The van der Waals surface area contributed by atoms with Crippen LogP contribution in [0, 0.1) is 0 Å². The Bertz CT molecular complexity index is 572. The highest BCUT2D eigenvalue weighted by Crippen LogP contribution is 2.36. The molecule has 2 atom stereocenters. The van der Waals surface area contributed by atoms with Gasteiger partial charge in [0.15, 0.2) is 0 Å². The summed E-state index contributed by atoms with van der Waals surface area (Å²) in [5.74, 6) is 0. The van der Waals surface area contributed by atoms with Gasteiger partial charge in [0.25, 0.3) is 0 Å². The lowest BCUT2D eigenvalue weighted by molar-refractivity contribution is -0.207. The van der Waals surface area contributed by atoms with Crippen molar-refractivity contribution in [2.75, 3.05) is 39.3 Å². The second-order valence-electron chi connectivity index (χ2n) is 9.02. The molecule has 0 N–H and O–H groups in total. The third-order valence-corrected chi connectivity index (χ3v) is 20.6. The van der Waals surface area contributed by atoms with E-state index in [0.717, 1.165) is 18.9 Å². The zero-order valence-electron chi connectivity index (χ0n) is 23.6. The van der Waals surface area contributed by atoms with Crippen LogP contribution >= 0.6 is 0 Å². The zero-order chi connectivity index (χ0) is 26.0. The van der Waals surface area contributed by atoms with Gasteiger partial charge in [-0.2, -0.15) is 15.2 Å². The summed E-state index contributed by atoms with van der Waals surface area (Å²) in [6.07, 6.45) is 2.03. The average Bonchev–Trinajstić information content (AvgIpc) is 2.76. The molecule has 0 amide bonds. The Kier molecular flexibility index (Phi) is 13.8. The van der Waals surface area contributed by atoms with Crippen LogP contribution in [-0.2, 0) is 30.0 Å². The molecule has 34 heavy (non-hydrogen) atoms. The van der Waals surface area contributed by atoms with E-state index in [1.807, 2.05) is 76.4 Å². The quantitative estimate of drug-likeness (QED) is 0.213. The number of unbranched alkanes of at least 4 members (excludes halogenated alkanes) is 1. The summed E-state index contributed by atoms with van der Waals surface area (Å²) in [4.78, 5) is 0. The van der Waals surface area contributed by atoms with Gasteiger partial charge in [0.1, 0.15) is 0 Å². The van der Waals surface area contributed by atoms with E-state index in [2.05, 4.69) is 13.5 Å². The number of hydroxylamine groups is 6. The van der Waals surface area contributed by atoms with Crippen LogP contribution in [0.4, 0.5) is 0 Å². The van der Waals surface area contributed by atoms with E-state index in [4.69, 9.17) is 30.0 Å². The minimum atomic E-state index is -3.86. The van der Waals surface area contributed by atoms with Gasteiger partial charge >= 0.3 is 35.0 Å². The van der Waals surface area contributed by atoms with Gasteiger partial charge in [-0.15, -0.1) is 0 Å². The highest BCUT2D eigenvalue weighted by molar-refractivity contribution is 6.89. The molecule has 204 valence electrons. The largest absolute Gasteiger partial charge is 0.698 e. The summed E-state index contributed by atoms with van der Waals surface area (Å²) in [7, 11) is -12.7. The molecule has 0 radical (unpaired) electrons. The first-order valence-corrected chi connectivity index (χ1v) is 22.2. The van der Waals surface area contributed by atoms with Gasteiger partial charge in [0, 0.05) is 45.8 Å². The van der Waals surface area contributed by atoms with Crippen LogP contribution in [0.25, 0.3) is 0 Å². The Balaban J connectivity index is 3.62. The molecule has 1 saturated heterocycles. The fraction of sp³-hybridized carbons (Fsp3) is 1.00. The van der Waals surface area contributed by atoms with Crippen LogP contribution in [0.15, 0.2) is 0 Å². The molecule has 2 unspecified atom stereocenters. The van der Waals surface area contributed by atoms with Gasteiger partial charge < -0.3 is 16.5 Å². The Hall–Kier alpha value is 0.468. The summed E-state index contributed by atoms with van der Waals surface area (Å²) >= 11 is 0. The fourth-order valence-corrected chi connectivity index (χ4v) is 22.3. The maximum absolute atomic E-state index is 6.91. The molecule has 0 spiro atoms. The van der Waals surface area contributed by atoms with E-state index in [9.17, 15) is 0 Å². The molecule has 1 rings (SSSR count). The predicted molar refractivity (Wildman–Crippen MR) is 143 cm³/mol. The number of rotatable bonds is 15. The molecule has 0 aromatic rings. The molecule has 0 aromatic carbocycles. The Morgan fingerprint density at radius 2 is 1.00 bits per heavy atom. The molecule has 0 aromatic heterocycles. The third-order valence-electron chi connectivity index (χ3n) is 5.42. The topological polar surface area (TPSA) is 74.3 Å². The first-order valence-electron chi connectivity index (χ1n) is 13.0. The molecular formula is C20H51N3O7Si4. The molecule has 0 bridgehead atoms. The highest BCUT2D eigenvalue weighted by atomic mass is 28.5. The van der Waals surface area contributed by atoms with Crippen LogP contribution in [0.5, 0.6) is 0 Å². The van der Waals surface area contributed by atoms with Gasteiger partial charge in [0.2, 0.25) is 0 Å². The van der Waals surface area contributed by atoms with Crippen molar-refractivity contribution in [1.29, 1.82) is 0 Å². The highest BCUT2D eigenvalue weighted by Gasteiger charge is 2.65. The normalized spacial score (nSPS) is 27.4. The first kappa shape index (κ1) is 32.5. The van der Waals surface area contributed by atoms with Crippen molar-refractivity contribution >= 4 is 35.0 Å².